The van der Waals surface area contributed by atoms with E-state index in [1.807, 2.05) is 44.2 Å². The minimum atomic E-state index is -0.628. The van der Waals surface area contributed by atoms with E-state index in [1.54, 1.807) is 19.1 Å². The number of aliphatic imine (C=N–C) groups is 1. The van der Waals surface area contributed by atoms with Gasteiger partial charge in [-0.25, -0.2) is 4.99 Å². The number of carbonyl (C=O) groups is 2. The number of para-hydroxylation sites is 1. The van der Waals surface area contributed by atoms with Crippen molar-refractivity contribution in [2.24, 2.45) is 16.8 Å². The highest BCUT2D eigenvalue weighted by Gasteiger charge is 2.37. The maximum absolute atomic E-state index is 12.4. The summed E-state index contributed by atoms with van der Waals surface area (Å²) in [5.74, 6) is -0.174. The fourth-order valence-electron chi connectivity index (χ4n) is 3.47. The standard InChI is InChI=1S/C22H24N2O5/c1-4-28-18(25)12-23-22(27)20-21(26)16-10-11-17(13(2)19(16)14(3)24-20)29-15-8-6-5-7-9-15/h5-11,13,19,26H,4,12H2,1-3H3,(H,23,27). The molecule has 2 atom stereocenters. The van der Waals surface area contributed by atoms with E-state index >= 15 is 0 Å². The first-order chi connectivity index (χ1) is 13.9. The number of allylic oxidation sites excluding steroid dienone is 4. The van der Waals surface area contributed by atoms with Crippen LogP contribution in [0.25, 0.3) is 0 Å². The van der Waals surface area contributed by atoms with E-state index in [2.05, 4.69) is 10.3 Å². The van der Waals surface area contributed by atoms with E-state index < -0.39 is 11.9 Å². The van der Waals surface area contributed by atoms with Crippen molar-refractivity contribution >= 4 is 17.6 Å². The Balaban J connectivity index is 1.82. The summed E-state index contributed by atoms with van der Waals surface area (Å²) in [4.78, 5) is 28.2. The van der Waals surface area contributed by atoms with Gasteiger partial charge in [-0.15, -0.1) is 0 Å². The first-order valence-corrected chi connectivity index (χ1v) is 9.49. The van der Waals surface area contributed by atoms with Crippen LogP contribution in [0.1, 0.15) is 20.8 Å². The Hall–Kier alpha value is -3.35. The summed E-state index contributed by atoms with van der Waals surface area (Å²) in [6.07, 6.45) is 3.54. The summed E-state index contributed by atoms with van der Waals surface area (Å²) in [5.41, 5.74) is 1.18. The van der Waals surface area contributed by atoms with E-state index in [4.69, 9.17) is 9.47 Å². The summed E-state index contributed by atoms with van der Waals surface area (Å²) in [7, 11) is 0. The Bertz CT molecular complexity index is 928. The van der Waals surface area contributed by atoms with Gasteiger partial charge in [-0.2, -0.15) is 0 Å². The molecule has 7 nitrogen and oxygen atoms in total. The number of aliphatic hydroxyl groups excluding tert-OH is 1. The molecular weight excluding hydrogens is 372 g/mol. The maximum Gasteiger partial charge on any atom is 0.325 e. The molecule has 2 aliphatic rings. The van der Waals surface area contributed by atoms with Gasteiger partial charge in [0.2, 0.25) is 0 Å². The van der Waals surface area contributed by atoms with E-state index in [-0.39, 0.29) is 36.4 Å². The average molecular weight is 396 g/mol. The zero-order valence-electron chi connectivity index (χ0n) is 16.6. The van der Waals surface area contributed by atoms with E-state index in [1.165, 1.54) is 0 Å². The highest BCUT2D eigenvalue weighted by Crippen LogP contribution is 2.40. The Morgan fingerprint density at radius 2 is 1.93 bits per heavy atom. The van der Waals surface area contributed by atoms with Gasteiger partial charge in [0.25, 0.3) is 5.91 Å². The van der Waals surface area contributed by atoms with Crippen molar-refractivity contribution in [2.45, 2.75) is 20.8 Å². The zero-order chi connectivity index (χ0) is 21.0. The summed E-state index contributed by atoms with van der Waals surface area (Å²) in [5, 5.41) is 13.1. The first kappa shape index (κ1) is 20.4. The van der Waals surface area contributed by atoms with Crippen molar-refractivity contribution in [1.82, 2.24) is 5.32 Å². The topological polar surface area (TPSA) is 97.2 Å². The van der Waals surface area contributed by atoms with Crippen LogP contribution in [0, 0.1) is 11.8 Å². The Morgan fingerprint density at radius 3 is 2.62 bits per heavy atom. The number of hydrogen-bond acceptors (Lipinski definition) is 6. The van der Waals surface area contributed by atoms with E-state index in [0.717, 1.165) is 11.5 Å². The molecule has 0 radical (unpaired) electrons. The third-order valence-electron chi connectivity index (χ3n) is 4.84. The maximum atomic E-state index is 12.4. The number of carbonyl (C=O) groups excluding carboxylic acids is 2. The molecule has 0 bridgehead atoms. The van der Waals surface area contributed by atoms with Crippen molar-refractivity contribution in [1.29, 1.82) is 0 Å². The number of amides is 1. The van der Waals surface area contributed by atoms with Gasteiger partial charge in [-0.3, -0.25) is 9.59 Å². The summed E-state index contributed by atoms with van der Waals surface area (Å²) in [6, 6.07) is 9.45. The van der Waals surface area contributed by atoms with Crippen LogP contribution in [-0.2, 0) is 14.3 Å². The fraction of sp³-hybridized carbons (Fsp3) is 0.318. The Kier molecular flexibility index (Phi) is 6.16. The molecule has 1 aliphatic carbocycles. The van der Waals surface area contributed by atoms with Gasteiger partial charge in [-0.1, -0.05) is 31.2 Å². The molecule has 1 aliphatic heterocycles. The monoisotopic (exact) mass is 396 g/mol. The van der Waals surface area contributed by atoms with Crippen molar-refractivity contribution in [3.63, 3.8) is 0 Å². The molecule has 0 saturated heterocycles. The number of nitrogens with one attached hydrogen (secondary N) is 1. The lowest BCUT2D eigenvalue weighted by molar-refractivity contribution is -0.143. The molecule has 152 valence electrons. The quantitative estimate of drug-likeness (QED) is 0.721. The summed E-state index contributed by atoms with van der Waals surface area (Å²) < 4.78 is 10.8. The third kappa shape index (κ3) is 4.39. The van der Waals surface area contributed by atoms with Gasteiger partial charge in [-0.05, 0) is 32.1 Å². The molecule has 2 N–H and O–H groups in total. The van der Waals surface area contributed by atoms with E-state index in [9.17, 15) is 14.7 Å². The minimum Gasteiger partial charge on any atom is -0.505 e. The number of hydrogen-bond donors (Lipinski definition) is 2. The number of esters is 1. The third-order valence-corrected chi connectivity index (χ3v) is 4.84. The number of rotatable bonds is 6. The van der Waals surface area contributed by atoms with Crippen LogP contribution < -0.4 is 10.1 Å². The second kappa shape index (κ2) is 8.77. The Labute approximate surface area is 169 Å². The molecule has 1 amide bonds. The smallest absolute Gasteiger partial charge is 0.325 e. The molecule has 0 fully saturated rings. The predicted molar refractivity (Wildman–Crippen MR) is 108 cm³/mol. The lowest BCUT2D eigenvalue weighted by atomic mass is 9.76. The molecule has 1 aromatic rings. The molecule has 29 heavy (non-hydrogen) atoms. The predicted octanol–water partition coefficient (Wildman–Crippen LogP) is 3.07. The van der Waals surface area contributed by atoms with E-state index in [0.29, 0.717) is 11.3 Å². The molecule has 1 aromatic carbocycles. The lowest BCUT2D eigenvalue weighted by Crippen LogP contribution is -2.36. The van der Waals surface area contributed by atoms with Crippen LogP contribution in [0.15, 0.2) is 70.3 Å². The van der Waals surface area contributed by atoms with Crippen molar-refractivity contribution in [2.75, 3.05) is 13.2 Å². The van der Waals surface area contributed by atoms with Gasteiger partial charge in [0.05, 0.1) is 6.61 Å². The number of aliphatic hydroxyl groups is 1. The molecule has 1 heterocycles. The first-order valence-electron chi connectivity index (χ1n) is 9.49. The fourth-order valence-corrected chi connectivity index (χ4v) is 3.47. The zero-order valence-corrected chi connectivity index (χ0v) is 16.6. The van der Waals surface area contributed by atoms with Gasteiger partial charge < -0.3 is 19.9 Å². The average Bonchev–Trinajstić information content (AvgIpc) is 2.71. The van der Waals surface area contributed by atoms with Crippen molar-refractivity contribution in [3.05, 3.63) is 65.3 Å². The number of benzene rings is 1. The second-order valence-corrected chi connectivity index (χ2v) is 6.81. The largest absolute Gasteiger partial charge is 0.505 e. The van der Waals surface area contributed by atoms with Gasteiger partial charge >= 0.3 is 5.97 Å². The van der Waals surface area contributed by atoms with Gasteiger partial charge in [0.15, 0.2) is 11.5 Å². The highest BCUT2D eigenvalue weighted by molar-refractivity contribution is 6.02. The normalized spacial score (nSPS) is 20.7. The number of nitrogens with zero attached hydrogens (tertiary/aromatic N) is 1. The summed E-state index contributed by atoms with van der Waals surface area (Å²) in [6.45, 7) is 5.43. The molecular formula is C22H24N2O5. The number of fused-ring (bicyclic) bond motifs is 1. The van der Waals surface area contributed by atoms with Crippen LogP contribution in [0.5, 0.6) is 5.75 Å². The van der Waals surface area contributed by atoms with Crippen LogP contribution in [-0.4, -0.2) is 35.8 Å². The minimum absolute atomic E-state index is 0.0785. The van der Waals surface area contributed by atoms with Gasteiger partial charge in [0, 0.05) is 23.1 Å². The van der Waals surface area contributed by atoms with Crippen LogP contribution in [0.3, 0.4) is 0 Å². The molecule has 0 aromatic heterocycles. The van der Waals surface area contributed by atoms with Crippen LogP contribution in [0.4, 0.5) is 0 Å². The molecule has 0 saturated carbocycles. The molecule has 3 rings (SSSR count). The highest BCUT2D eigenvalue weighted by atomic mass is 16.5. The van der Waals surface area contributed by atoms with Crippen LogP contribution >= 0.6 is 0 Å². The second-order valence-electron chi connectivity index (χ2n) is 6.81. The van der Waals surface area contributed by atoms with Gasteiger partial charge in [0.1, 0.15) is 18.1 Å². The Morgan fingerprint density at radius 1 is 1.21 bits per heavy atom. The SMILES string of the molecule is CCOC(=O)CNC(=O)C1=C(O)C2=CC=C(Oc3ccccc3)C(C)C2C(C)=N1. The molecule has 7 heteroatoms. The number of ether oxygens (including phenoxy) is 2. The van der Waals surface area contributed by atoms with Crippen molar-refractivity contribution in [3.8, 4) is 5.75 Å². The summed E-state index contributed by atoms with van der Waals surface area (Å²) >= 11 is 0. The molecule has 2 unspecified atom stereocenters. The molecule has 0 spiro atoms. The van der Waals surface area contributed by atoms with Crippen LogP contribution in [0.2, 0.25) is 0 Å². The lowest BCUT2D eigenvalue weighted by Gasteiger charge is -2.33. The van der Waals surface area contributed by atoms with Crippen molar-refractivity contribution < 1.29 is 24.2 Å².